The van der Waals surface area contributed by atoms with E-state index in [4.69, 9.17) is 5.11 Å². The summed E-state index contributed by atoms with van der Waals surface area (Å²) in [5, 5.41) is 12.8. The van der Waals surface area contributed by atoms with Crippen LogP contribution >= 0.6 is 27.3 Å². The minimum atomic E-state index is -3.79. The molecule has 7 nitrogen and oxygen atoms in total. The van der Waals surface area contributed by atoms with Crippen LogP contribution in [0.1, 0.15) is 15.4 Å². The van der Waals surface area contributed by atoms with E-state index in [2.05, 4.69) is 25.8 Å². The van der Waals surface area contributed by atoms with Gasteiger partial charge in [-0.1, -0.05) is 0 Å². The maximum absolute atomic E-state index is 12.1. The molecule has 2 aromatic rings. The number of halogens is 1. The van der Waals surface area contributed by atoms with E-state index in [1.165, 1.54) is 0 Å². The van der Waals surface area contributed by atoms with Gasteiger partial charge in [-0.25, -0.2) is 17.9 Å². The Morgan fingerprint density at radius 1 is 1.60 bits per heavy atom. The predicted octanol–water partition coefficient (Wildman–Crippen LogP) is 1.42. The molecule has 0 spiro atoms. The Hall–Kier alpha value is -1.23. The maximum atomic E-state index is 12.1. The van der Waals surface area contributed by atoms with Gasteiger partial charge < -0.3 is 5.11 Å². The van der Waals surface area contributed by atoms with Gasteiger partial charge in [-0.05, 0) is 28.1 Å². The minimum absolute atomic E-state index is 0.0437. The zero-order chi connectivity index (χ0) is 14.9. The molecule has 0 bridgehead atoms. The number of carboxylic acid groups (broad SMARTS) is 1. The fraction of sp³-hybridized carbons (Fsp3) is 0.200. The van der Waals surface area contributed by atoms with Crippen LogP contribution in [-0.4, -0.2) is 29.3 Å². The first-order valence-corrected chi connectivity index (χ1v) is 8.39. The van der Waals surface area contributed by atoms with E-state index in [-0.39, 0.29) is 20.1 Å². The van der Waals surface area contributed by atoms with Crippen molar-refractivity contribution in [2.24, 2.45) is 7.05 Å². The van der Waals surface area contributed by atoms with Crippen molar-refractivity contribution in [3.8, 4) is 0 Å². The standard InChI is InChI=1S/C10H10BrN3O4S2/c1-14-6(2-3-12-14)5-13-20(17,18)8-4-7(10(15)16)19-9(8)11/h2-4,13H,5H2,1H3,(H,15,16). The quantitative estimate of drug-likeness (QED) is 0.817. The molecule has 2 N–H and O–H groups in total. The summed E-state index contributed by atoms with van der Waals surface area (Å²) in [5.74, 6) is -1.16. The van der Waals surface area contributed by atoms with Gasteiger partial charge in [0.2, 0.25) is 10.0 Å². The van der Waals surface area contributed by atoms with E-state index in [0.29, 0.717) is 5.69 Å². The molecule has 0 saturated heterocycles. The monoisotopic (exact) mass is 379 g/mol. The van der Waals surface area contributed by atoms with Crippen molar-refractivity contribution >= 4 is 43.3 Å². The summed E-state index contributed by atoms with van der Waals surface area (Å²) in [7, 11) is -2.09. The van der Waals surface area contributed by atoms with E-state index < -0.39 is 16.0 Å². The zero-order valence-corrected chi connectivity index (χ0v) is 13.4. The molecule has 2 heterocycles. The van der Waals surface area contributed by atoms with E-state index >= 15 is 0 Å². The summed E-state index contributed by atoms with van der Waals surface area (Å²) in [6.45, 7) is 0.0729. The molecule has 0 amide bonds. The van der Waals surface area contributed by atoms with Crippen LogP contribution < -0.4 is 4.72 Å². The van der Waals surface area contributed by atoms with Gasteiger partial charge in [0.15, 0.2) is 0 Å². The molecule has 0 aromatic carbocycles. The normalized spacial score (nSPS) is 11.7. The first-order chi connectivity index (χ1) is 9.31. The SMILES string of the molecule is Cn1nccc1CNS(=O)(=O)c1cc(C(=O)O)sc1Br. The smallest absolute Gasteiger partial charge is 0.345 e. The third kappa shape index (κ3) is 3.08. The lowest BCUT2D eigenvalue weighted by molar-refractivity contribution is 0.0702. The highest BCUT2D eigenvalue weighted by atomic mass is 79.9. The molecule has 0 aliphatic heterocycles. The number of aromatic carboxylic acids is 1. The van der Waals surface area contributed by atoms with E-state index in [9.17, 15) is 13.2 Å². The lowest BCUT2D eigenvalue weighted by Gasteiger charge is -2.05. The lowest BCUT2D eigenvalue weighted by atomic mass is 10.4. The van der Waals surface area contributed by atoms with Crippen LogP contribution in [0.15, 0.2) is 27.0 Å². The van der Waals surface area contributed by atoms with Crippen LogP contribution in [0, 0.1) is 0 Å². The van der Waals surface area contributed by atoms with E-state index in [1.54, 1.807) is 24.0 Å². The van der Waals surface area contributed by atoms with Crippen LogP contribution in [0.4, 0.5) is 0 Å². The Balaban J connectivity index is 2.22. The highest BCUT2D eigenvalue weighted by Gasteiger charge is 2.23. The number of hydrogen-bond donors (Lipinski definition) is 2. The third-order valence-electron chi connectivity index (χ3n) is 2.52. The molecule has 0 aliphatic carbocycles. The van der Waals surface area contributed by atoms with E-state index in [1.807, 2.05) is 0 Å². The van der Waals surface area contributed by atoms with Gasteiger partial charge in [0.25, 0.3) is 0 Å². The summed E-state index contributed by atoms with van der Waals surface area (Å²) < 4.78 is 28.5. The summed E-state index contributed by atoms with van der Waals surface area (Å²) in [6.07, 6.45) is 1.56. The van der Waals surface area contributed by atoms with Crippen molar-refractivity contribution in [2.75, 3.05) is 0 Å². The largest absolute Gasteiger partial charge is 0.477 e. The van der Waals surface area contributed by atoms with Gasteiger partial charge in [-0.2, -0.15) is 5.10 Å². The number of carboxylic acids is 1. The van der Waals surface area contributed by atoms with Crippen LogP contribution in [-0.2, 0) is 23.6 Å². The number of aromatic nitrogens is 2. The number of nitrogens with zero attached hydrogens (tertiary/aromatic N) is 2. The van der Waals surface area contributed by atoms with Gasteiger partial charge in [0, 0.05) is 13.2 Å². The zero-order valence-electron chi connectivity index (χ0n) is 10.2. The molecule has 0 fully saturated rings. The number of aryl methyl sites for hydroxylation is 1. The molecule has 20 heavy (non-hydrogen) atoms. The summed E-state index contributed by atoms with van der Waals surface area (Å²) in [5.41, 5.74) is 0.693. The van der Waals surface area contributed by atoms with Crippen LogP contribution in [0.2, 0.25) is 0 Å². The minimum Gasteiger partial charge on any atom is -0.477 e. The fourth-order valence-electron chi connectivity index (χ4n) is 1.46. The average Bonchev–Trinajstić information content (AvgIpc) is 2.93. The summed E-state index contributed by atoms with van der Waals surface area (Å²) in [6, 6.07) is 2.82. The van der Waals surface area contributed by atoms with Crippen molar-refractivity contribution in [3.63, 3.8) is 0 Å². The molecular formula is C10H10BrN3O4S2. The predicted molar refractivity (Wildman–Crippen MR) is 76.2 cm³/mol. The summed E-state index contributed by atoms with van der Waals surface area (Å²) in [4.78, 5) is 10.7. The number of carbonyl (C=O) groups is 1. The second kappa shape index (κ2) is 5.64. The molecule has 0 aliphatic rings. The maximum Gasteiger partial charge on any atom is 0.345 e. The van der Waals surface area contributed by atoms with Crippen molar-refractivity contribution in [1.29, 1.82) is 0 Å². The number of hydrogen-bond acceptors (Lipinski definition) is 5. The molecule has 0 atom stereocenters. The summed E-state index contributed by atoms with van der Waals surface area (Å²) >= 11 is 3.93. The third-order valence-corrected chi connectivity index (χ3v) is 6.16. The van der Waals surface area contributed by atoms with Crippen molar-refractivity contribution in [1.82, 2.24) is 14.5 Å². The Bertz CT molecular complexity index is 750. The molecule has 2 aromatic heterocycles. The number of nitrogens with one attached hydrogen (secondary N) is 1. The van der Waals surface area contributed by atoms with Crippen LogP contribution in [0.3, 0.4) is 0 Å². The topological polar surface area (TPSA) is 101 Å². The Morgan fingerprint density at radius 3 is 2.80 bits per heavy atom. The Morgan fingerprint density at radius 2 is 2.30 bits per heavy atom. The van der Waals surface area contributed by atoms with Crippen molar-refractivity contribution in [3.05, 3.63) is 32.7 Å². The molecular weight excluding hydrogens is 370 g/mol. The second-order valence-electron chi connectivity index (χ2n) is 3.82. The first kappa shape index (κ1) is 15.2. The van der Waals surface area contributed by atoms with Gasteiger partial charge in [0.1, 0.15) is 9.77 Å². The highest BCUT2D eigenvalue weighted by molar-refractivity contribution is 9.11. The van der Waals surface area contributed by atoms with Gasteiger partial charge in [0.05, 0.1) is 16.0 Å². The molecule has 0 unspecified atom stereocenters. The second-order valence-corrected chi connectivity index (χ2v) is 7.93. The molecule has 0 saturated carbocycles. The Labute approximate surface area is 127 Å². The van der Waals surface area contributed by atoms with Crippen LogP contribution in [0.25, 0.3) is 0 Å². The van der Waals surface area contributed by atoms with Crippen molar-refractivity contribution in [2.45, 2.75) is 11.4 Å². The van der Waals surface area contributed by atoms with Gasteiger partial charge in [-0.3, -0.25) is 4.68 Å². The van der Waals surface area contributed by atoms with Crippen molar-refractivity contribution < 1.29 is 18.3 Å². The average molecular weight is 380 g/mol. The number of rotatable bonds is 5. The molecule has 10 heteroatoms. The van der Waals surface area contributed by atoms with E-state index in [0.717, 1.165) is 17.4 Å². The Kier molecular flexibility index (Phi) is 4.28. The van der Waals surface area contributed by atoms with Gasteiger partial charge >= 0.3 is 5.97 Å². The van der Waals surface area contributed by atoms with Crippen LogP contribution in [0.5, 0.6) is 0 Å². The number of thiophene rings is 1. The molecule has 2 rings (SSSR count). The fourth-order valence-corrected chi connectivity index (χ4v) is 4.86. The molecule has 108 valence electrons. The van der Waals surface area contributed by atoms with Gasteiger partial charge in [-0.15, -0.1) is 11.3 Å². The highest BCUT2D eigenvalue weighted by Crippen LogP contribution is 2.31. The first-order valence-electron chi connectivity index (χ1n) is 5.30. The lowest BCUT2D eigenvalue weighted by Crippen LogP contribution is -2.24. The molecule has 0 radical (unpaired) electrons. The number of sulfonamides is 1.